The van der Waals surface area contributed by atoms with Crippen LogP contribution in [0.4, 0.5) is 0 Å². The Morgan fingerprint density at radius 1 is 1.09 bits per heavy atom. The first-order chi connectivity index (χ1) is 11.1. The van der Waals surface area contributed by atoms with Crippen molar-refractivity contribution in [3.05, 3.63) is 35.9 Å². The maximum atomic E-state index is 12.4. The number of carbonyl (C=O) groups is 1. The molecule has 0 radical (unpaired) electrons. The first-order valence-electron chi connectivity index (χ1n) is 8.62. The second-order valence-corrected chi connectivity index (χ2v) is 6.80. The van der Waals surface area contributed by atoms with Crippen molar-refractivity contribution in [2.75, 3.05) is 39.3 Å². The summed E-state index contributed by atoms with van der Waals surface area (Å²) in [5, 5.41) is 14.0. The second-order valence-electron chi connectivity index (χ2n) is 6.80. The van der Waals surface area contributed by atoms with Crippen LogP contribution in [0.2, 0.25) is 0 Å². The van der Waals surface area contributed by atoms with E-state index < -0.39 is 5.60 Å². The van der Waals surface area contributed by atoms with Crippen molar-refractivity contribution in [2.24, 2.45) is 0 Å². The Morgan fingerprint density at radius 2 is 1.83 bits per heavy atom. The molecule has 5 nitrogen and oxygen atoms in total. The van der Waals surface area contributed by atoms with Crippen LogP contribution in [0.25, 0.3) is 0 Å². The smallest absolute Gasteiger partial charge is 0.224 e. The van der Waals surface area contributed by atoms with Crippen LogP contribution in [0.1, 0.15) is 24.8 Å². The van der Waals surface area contributed by atoms with Gasteiger partial charge in [-0.3, -0.25) is 9.69 Å². The Labute approximate surface area is 138 Å². The Balaban J connectivity index is 1.56. The topological polar surface area (TPSA) is 55.8 Å². The number of rotatable bonds is 4. The van der Waals surface area contributed by atoms with Gasteiger partial charge in [-0.05, 0) is 31.5 Å². The Kier molecular flexibility index (Phi) is 5.30. The molecule has 0 atom stereocenters. The summed E-state index contributed by atoms with van der Waals surface area (Å²) in [5.74, 6) is 0.174. The molecule has 2 aliphatic heterocycles. The molecule has 2 aliphatic rings. The van der Waals surface area contributed by atoms with E-state index in [9.17, 15) is 9.90 Å². The van der Waals surface area contributed by atoms with E-state index in [1.807, 2.05) is 11.0 Å². The molecule has 1 amide bonds. The Bertz CT molecular complexity index is 514. The van der Waals surface area contributed by atoms with Crippen LogP contribution >= 0.6 is 0 Å². The minimum atomic E-state index is -0.713. The minimum Gasteiger partial charge on any atom is -0.388 e. The van der Waals surface area contributed by atoms with Gasteiger partial charge in [0.2, 0.25) is 5.91 Å². The highest BCUT2D eigenvalue weighted by Crippen LogP contribution is 2.21. The number of nitrogens with zero attached hydrogens (tertiary/aromatic N) is 2. The standard InChI is InChI=1S/C18H27N3O2/c22-17-6-11-20(14-16-4-2-1-3-5-16)12-13-21(17)15-18(23)7-9-19-10-8-18/h1-5,19,23H,6-15H2. The molecule has 0 bridgehead atoms. The number of β-amino-alcohol motifs (C(OH)–C–C–N with tert-alkyl or cyclic N) is 1. The molecule has 2 fully saturated rings. The zero-order valence-corrected chi connectivity index (χ0v) is 13.7. The predicted octanol–water partition coefficient (Wildman–Crippen LogP) is 0.835. The Morgan fingerprint density at radius 3 is 2.57 bits per heavy atom. The van der Waals surface area contributed by atoms with Crippen molar-refractivity contribution in [3.63, 3.8) is 0 Å². The fourth-order valence-corrected chi connectivity index (χ4v) is 3.48. The lowest BCUT2D eigenvalue weighted by atomic mass is 9.92. The van der Waals surface area contributed by atoms with Gasteiger partial charge < -0.3 is 15.3 Å². The van der Waals surface area contributed by atoms with Gasteiger partial charge in [0.25, 0.3) is 0 Å². The average Bonchev–Trinajstić information content (AvgIpc) is 2.72. The van der Waals surface area contributed by atoms with Crippen molar-refractivity contribution in [1.29, 1.82) is 0 Å². The van der Waals surface area contributed by atoms with E-state index in [4.69, 9.17) is 0 Å². The molecule has 2 heterocycles. The lowest BCUT2D eigenvalue weighted by Gasteiger charge is -2.37. The van der Waals surface area contributed by atoms with E-state index in [-0.39, 0.29) is 5.91 Å². The van der Waals surface area contributed by atoms with Crippen LogP contribution in [-0.4, -0.2) is 65.7 Å². The summed E-state index contributed by atoms with van der Waals surface area (Å²) >= 11 is 0. The van der Waals surface area contributed by atoms with Crippen molar-refractivity contribution in [3.8, 4) is 0 Å². The van der Waals surface area contributed by atoms with E-state index in [1.54, 1.807) is 0 Å². The van der Waals surface area contributed by atoms with E-state index in [2.05, 4.69) is 34.5 Å². The van der Waals surface area contributed by atoms with Gasteiger partial charge in [0.1, 0.15) is 0 Å². The molecule has 3 rings (SSSR count). The molecule has 5 heteroatoms. The van der Waals surface area contributed by atoms with Crippen LogP contribution in [-0.2, 0) is 11.3 Å². The third-order valence-electron chi connectivity index (χ3n) is 4.95. The number of carbonyl (C=O) groups excluding carboxylic acids is 1. The summed E-state index contributed by atoms with van der Waals surface area (Å²) in [4.78, 5) is 16.6. The highest BCUT2D eigenvalue weighted by molar-refractivity contribution is 5.76. The highest BCUT2D eigenvalue weighted by Gasteiger charge is 2.33. The van der Waals surface area contributed by atoms with Gasteiger partial charge in [-0.1, -0.05) is 30.3 Å². The molecule has 0 aromatic heterocycles. The summed E-state index contributed by atoms with van der Waals surface area (Å²) in [7, 11) is 0. The number of aliphatic hydroxyl groups is 1. The van der Waals surface area contributed by atoms with Gasteiger partial charge in [0, 0.05) is 39.1 Å². The fourth-order valence-electron chi connectivity index (χ4n) is 3.48. The summed E-state index contributed by atoms with van der Waals surface area (Å²) in [6.45, 7) is 5.40. The third kappa shape index (κ3) is 4.53. The average molecular weight is 317 g/mol. The van der Waals surface area contributed by atoms with E-state index in [0.29, 0.717) is 19.5 Å². The van der Waals surface area contributed by atoms with E-state index >= 15 is 0 Å². The second kappa shape index (κ2) is 7.43. The predicted molar refractivity (Wildman–Crippen MR) is 90.0 cm³/mol. The largest absolute Gasteiger partial charge is 0.388 e. The van der Waals surface area contributed by atoms with Gasteiger partial charge in [0.15, 0.2) is 0 Å². The fraction of sp³-hybridized carbons (Fsp3) is 0.611. The van der Waals surface area contributed by atoms with Gasteiger partial charge in [-0.2, -0.15) is 0 Å². The van der Waals surface area contributed by atoms with Crippen LogP contribution in [0.5, 0.6) is 0 Å². The van der Waals surface area contributed by atoms with Gasteiger partial charge in [-0.25, -0.2) is 0 Å². The zero-order chi connectivity index (χ0) is 16.1. The molecule has 0 aliphatic carbocycles. The van der Waals surface area contributed by atoms with Crippen LogP contribution in [0.15, 0.2) is 30.3 Å². The zero-order valence-electron chi connectivity index (χ0n) is 13.7. The Hall–Kier alpha value is -1.43. The molecular weight excluding hydrogens is 290 g/mol. The van der Waals surface area contributed by atoms with Crippen LogP contribution in [0, 0.1) is 0 Å². The monoisotopic (exact) mass is 317 g/mol. The van der Waals surface area contributed by atoms with Crippen molar-refractivity contribution in [1.82, 2.24) is 15.1 Å². The first kappa shape index (κ1) is 16.4. The molecule has 23 heavy (non-hydrogen) atoms. The molecule has 0 spiro atoms. The SMILES string of the molecule is O=C1CCN(Cc2ccccc2)CCN1CC1(O)CCNCC1. The minimum absolute atomic E-state index is 0.174. The number of hydrogen-bond acceptors (Lipinski definition) is 4. The maximum absolute atomic E-state index is 12.4. The molecule has 2 saturated heterocycles. The summed E-state index contributed by atoms with van der Waals surface area (Å²) in [6.07, 6.45) is 2.00. The lowest BCUT2D eigenvalue weighted by Crippen LogP contribution is -2.51. The van der Waals surface area contributed by atoms with Crippen LogP contribution in [0.3, 0.4) is 0 Å². The van der Waals surface area contributed by atoms with Gasteiger partial charge in [0.05, 0.1) is 5.60 Å². The number of benzene rings is 1. The van der Waals surface area contributed by atoms with Crippen LogP contribution < -0.4 is 5.32 Å². The van der Waals surface area contributed by atoms with E-state index in [0.717, 1.165) is 45.6 Å². The van der Waals surface area contributed by atoms with E-state index in [1.165, 1.54) is 5.56 Å². The van der Waals surface area contributed by atoms with Crippen molar-refractivity contribution < 1.29 is 9.90 Å². The molecule has 0 unspecified atom stereocenters. The molecule has 1 aromatic carbocycles. The molecule has 1 aromatic rings. The maximum Gasteiger partial charge on any atom is 0.224 e. The summed E-state index contributed by atoms with van der Waals surface area (Å²) in [5.41, 5.74) is 0.570. The summed E-state index contributed by atoms with van der Waals surface area (Å²) < 4.78 is 0. The highest BCUT2D eigenvalue weighted by atomic mass is 16.3. The number of nitrogens with one attached hydrogen (secondary N) is 1. The molecule has 126 valence electrons. The third-order valence-corrected chi connectivity index (χ3v) is 4.95. The first-order valence-corrected chi connectivity index (χ1v) is 8.62. The molecule has 2 N–H and O–H groups in total. The normalized spacial score (nSPS) is 22.8. The molecule has 0 saturated carbocycles. The quantitative estimate of drug-likeness (QED) is 0.864. The molecular formula is C18H27N3O2. The number of amides is 1. The summed E-state index contributed by atoms with van der Waals surface area (Å²) in [6, 6.07) is 10.4. The number of piperidine rings is 1. The van der Waals surface area contributed by atoms with Gasteiger partial charge in [-0.15, -0.1) is 0 Å². The number of hydrogen-bond donors (Lipinski definition) is 2. The van der Waals surface area contributed by atoms with Crippen molar-refractivity contribution >= 4 is 5.91 Å². The van der Waals surface area contributed by atoms with Gasteiger partial charge >= 0.3 is 0 Å². The lowest BCUT2D eigenvalue weighted by molar-refractivity contribution is -0.134. The van der Waals surface area contributed by atoms with Crippen molar-refractivity contribution in [2.45, 2.75) is 31.4 Å².